The van der Waals surface area contributed by atoms with Crippen LogP contribution in [0.3, 0.4) is 0 Å². The van der Waals surface area contributed by atoms with Gasteiger partial charge < -0.3 is 9.32 Å². The van der Waals surface area contributed by atoms with E-state index in [-0.39, 0.29) is 18.2 Å². The minimum absolute atomic E-state index is 0.119. The summed E-state index contributed by atoms with van der Waals surface area (Å²) in [5, 5.41) is 0.915. The molecule has 3 rings (SSSR count). The molecule has 0 radical (unpaired) electrons. The number of hydrazine groups is 1. The highest BCUT2D eigenvalue weighted by Crippen LogP contribution is 2.25. The van der Waals surface area contributed by atoms with Crippen molar-refractivity contribution in [2.45, 2.75) is 20.3 Å². The fourth-order valence-corrected chi connectivity index (χ4v) is 2.81. The molecule has 2 amide bonds. The highest BCUT2D eigenvalue weighted by molar-refractivity contribution is 5.96. The van der Waals surface area contributed by atoms with Crippen LogP contribution in [0.2, 0.25) is 0 Å². The van der Waals surface area contributed by atoms with Gasteiger partial charge in [0.25, 0.3) is 5.91 Å². The van der Waals surface area contributed by atoms with E-state index in [0.717, 1.165) is 33.3 Å². The van der Waals surface area contributed by atoms with E-state index >= 15 is 0 Å². The van der Waals surface area contributed by atoms with Crippen molar-refractivity contribution in [2.24, 2.45) is 0 Å². The van der Waals surface area contributed by atoms with Crippen molar-refractivity contribution in [3.8, 4) is 0 Å². The number of aryl methyl sites for hydroxylation is 2. The first-order valence-corrected chi connectivity index (χ1v) is 8.69. The molecule has 140 valence electrons. The van der Waals surface area contributed by atoms with Crippen molar-refractivity contribution < 1.29 is 14.0 Å². The summed E-state index contributed by atoms with van der Waals surface area (Å²) in [7, 11) is 3.80. The number of amides is 2. The van der Waals surface area contributed by atoms with Crippen LogP contribution in [0, 0.1) is 13.8 Å². The minimum Gasteiger partial charge on any atom is -0.464 e. The lowest BCUT2D eigenvalue weighted by Crippen LogP contribution is -2.42. The SMILES string of the molecule is Cc1cc2occ(CC(=O)NNC(=O)c3cccc(N(C)C)c3)c2cc1C. The molecule has 0 aliphatic rings. The van der Waals surface area contributed by atoms with Crippen molar-refractivity contribution in [1.82, 2.24) is 10.9 Å². The number of nitrogens with one attached hydrogen (secondary N) is 2. The average Bonchev–Trinajstić information content (AvgIpc) is 3.01. The maximum absolute atomic E-state index is 12.3. The zero-order valence-electron chi connectivity index (χ0n) is 15.9. The number of hydrogen-bond acceptors (Lipinski definition) is 4. The van der Waals surface area contributed by atoms with E-state index in [1.165, 1.54) is 0 Å². The van der Waals surface area contributed by atoms with Gasteiger partial charge in [0.2, 0.25) is 5.91 Å². The van der Waals surface area contributed by atoms with E-state index in [1.807, 2.05) is 51.0 Å². The number of fused-ring (bicyclic) bond motifs is 1. The van der Waals surface area contributed by atoms with Crippen LogP contribution in [0.1, 0.15) is 27.0 Å². The molecule has 1 aromatic heterocycles. The van der Waals surface area contributed by atoms with Gasteiger partial charge in [-0.25, -0.2) is 0 Å². The van der Waals surface area contributed by atoms with Gasteiger partial charge in [-0.2, -0.15) is 0 Å². The first-order valence-electron chi connectivity index (χ1n) is 8.69. The molecule has 6 heteroatoms. The van der Waals surface area contributed by atoms with Gasteiger partial charge in [0.15, 0.2) is 0 Å². The zero-order valence-corrected chi connectivity index (χ0v) is 15.9. The molecule has 0 bridgehead atoms. The van der Waals surface area contributed by atoms with Gasteiger partial charge in [0, 0.05) is 36.3 Å². The number of carbonyl (C=O) groups is 2. The van der Waals surface area contributed by atoms with Crippen LogP contribution in [0.15, 0.2) is 47.1 Å². The summed E-state index contributed by atoms with van der Waals surface area (Å²) < 4.78 is 5.54. The van der Waals surface area contributed by atoms with E-state index in [9.17, 15) is 9.59 Å². The molecule has 0 atom stereocenters. The molecule has 6 nitrogen and oxygen atoms in total. The average molecular weight is 365 g/mol. The Morgan fingerprint density at radius 3 is 2.52 bits per heavy atom. The number of nitrogens with zero attached hydrogens (tertiary/aromatic N) is 1. The molecule has 1 heterocycles. The molecule has 0 aliphatic heterocycles. The topological polar surface area (TPSA) is 74.6 Å². The summed E-state index contributed by atoms with van der Waals surface area (Å²) in [6, 6.07) is 11.1. The molecule has 2 N–H and O–H groups in total. The molecular formula is C21H23N3O3. The highest BCUT2D eigenvalue weighted by Gasteiger charge is 2.13. The fraction of sp³-hybridized carbons (Fsp3) is 0.238. The van der Waals surface area contributed by atoms with Gasteiger partial charge >= 0.3 is 0 Å². The van der Waals surface area contributed by atoms with Gasteiger partial charge in [0.05, 0.1) is 12.7 Å². The third-order valence-corrected chi connectivity index (χ3v) is 4.56. The first kappa shape index (κ1) is 18.5. The van der Waals surface area contributed by atoms with E-state index < -0.39 is 0 Å². The summed E-state index contributed by atoms with van der Waals surface area (Å²) in [5.74, 6) is -0.677. The lowest BCUT2D eigenvalue weighted by molar-refractivity contribution is -0.121. The lowest BCUT2D eigenvalue weighted by Gasteiger charge is -2.13. The van der Waals surface area contributed by atoms with E-state index in [0.29, 0.717) is 5.56 Å². The quantitative estimate of drug-likeness (QED) is 0.697. The maximum Gasteiger partial charge on any atom is 0.269 e. The third kappa shape index (κ3) is 4.11. The minimum atomic E-state index is -0.365. The first-order chi connectivity index (χ1) is 12.8. The van der Waals surface area contributed by atoms with Gasteiger partial charge in [-0.05, 0) is 55.3 Å². The molecule has 0 unspecified atom stereocenters. The van der Waals surface area contributed by atoms with Crippen LogP contribution in [-0.4, -0.2) is 25.9 Å². The van der Waals surface area contributed by atoms with Crippen molar-refractivity contribution >= 4 is 28.5 Å². The third-order valence-electron chi connectivity index (χ3n) is 4.56. The molecule has 0 aliphatic carbocycles. The Kier molecular flexibility index (Phi) is 5.16. The van der Waals surface area contributed by atoms with Gasteiger partial charge in [-0.15, -0.1) is 0 Å². The van der Waals surface area contributed by atoms with Crippen LogP contribution in [-0.2, 0) is 11.2 Å². The largest absolute Gasteiger partial charge is 0.464 e. The van der Waals surface area contributed by atoms with Crippen LogP contribution >= 0.6 is 0 Å². The summed E-state index contributed by atoms with van der Waals surface area (Å²) in [5.41, 5.74) is 10.1. The van der Waals surface area contributed by atoms with Crippen molar-refractivity contribution in [1.29, 1.82) is 0 Å². The molecule has 0 fully saturated rings. The Hall–Kier alpha value is -3.28. The molecule has 0 spiro atoms. The monoisotopic (exact) mass is 365 g/mol. The Bertz CT molecular complexity index is 1010. The summed E-state index contributed by atoms with van der Waals surface area (Å²) in [4.78, 5) is 26.4. The van der Waals surface area contributed by atoms with Crippen LogP contribution in [0.5, 0.6) is 0 Å². The Labute approximate surface area is 158 Å². The zero-order chi connectivity index (χ0) is 19.6. The number of benzene rings is 2. The molecule has 2 aromatic carbocycles. The second kappa shape index (κ2) is 7.53. The fourth-order valence-electron chi connectivity index (χ4n) is 2.81. The van der Waals surface area contributed by atoms with E-state index in [2.05, 4.69) is 10.9 Å². The number of hydrogen-bond donors (Lipinski definition) is 2. The molecule has 3 aromatic rings. The second-order valence-electron chi connectivity index (χ2n) is 6.82. The number of rotatable bonds is 4. The maximum atomic E-state index is 12.3. The van der Waals surface area contributed by atoms with Gasteiger partial charge in [-0.3, -0.25) is 20.4 Å². The summed E-state index contributed by atoms with van der Waals surface area (Å²) in [6.45, 7) is 4.04. The lowest BCUT2D eigenvalue weighted by atomic mass is 10.0. The van der Waals surface area contributed by atoms with E-state index in [1.54, 1.807) is 24.5 Å². The van der Waals surface area contributed by atoms with Crippen molar-refractivity contribution in [3.05, 3.63) is 64.9 Å². The van der Waals surface area contributed by atoms with Gasteiger partial charge in [0.1, 0.15) is 5.58 Å². The normalized spacial score (nSPS) is 10.7. The highest BCUT2D eigenvalue weighted by atomic mass is 16.3. The summed E-state index contributed by atoms with van der Waals surface area (Å²) >= 11 is 0. The second-order valence-corrected chi connectivity index (χ2v) is 6.82. The Balaban J connectivity index is 1.64. The predicted octanol–water partition coefficient (Wildman–Crippen LogP) is 3.12. The molecular weight excluding hydrogens is 342 g/mol. The standard InChI is InChI=1S/C21H23N3O3/c1-13-8-18-16(12-27-19(18)9-14(13)2)11-20(25)22-23-21(26)15-6-5-7-17(10-15)24(3)4/h5-10,12H,11H2,1-4H3,(H,22,25)(H,23,26). The smallest absolute Gasteiger partial charge is 0.269 e. The van der Waals surface area contributed by atoms with Crippen molar-refractivity contribution in [2.75, 3.05) is 19.0 Å². The molecule has 27 heavy (non-hydrogen) atoms. The Morgan fingerprint density at radius 2 is 1.78 bits per heavy atom. The van der Waals surface area contributed by atoms with Crippen LogP contribution in [0.4, 0.5) is 5.69 Å². The number of furan rings is 1. The van der Waals surface area contributed by atoms with E-state index in [4.69, 9.17) is 4.42 Å². The van der Waals surface area contributed by atoms with Gasteiger partial charge in [-0.1, -0.05) is 6.07 Å². The number of carbonyl (C=O) groups excluding carboxylic acids is 2. The van der Waals surface area contributed by atoms with Crippen LogP contribution < -0.4 is 15.8 Å². The molecule has 0 saturated heterocycles. The Morgan fingerprint density at radius 1 is 1.04 bits per heavy atom. The predicted molar refractivity (Wildman–Crippen MR) is 106 cm³/mol. The van der Waals surface area contributed by atoms with Crippen LogP contribution in [0.25, 0.3) is 11.0 Å². The van der Waals surface area contributed by atoms with Crippen molar-refractivity contribution in [3.63, 3.8) is 0 Å². The summed E-state index contributed by atoms with van der Waals surface area (Å²) in [6.07, 6.45) is 1.71. The molecule has 0 saturated carbocycles. The number of anilines is 1.